The Labute approximate surface area is 172 Å². The fourth-order valence-corrected chi connectivity index (χ4v) is 5.14. The number of nitrogens with zero attached hydrogens (tertiary/aromatic N) is 5. The number of nitrogens with one attached hydrogen (secondary N) is 1. The number of rotatable bonds is 6. The molecular weight excluding hydrogens is 392 g/mol. The van der Waals surface area contributed by atoms with Gasteiger partial charge in [-0.05, 0) is 25.7 Å². The second-order valence-electron chi connectivity index (χ2n) is 8.07. The molecule has 2 aromatic rings. The number of aliphatic hydroxyl groups excluding tert-OH is 1. The average molecular weight is 421 g/mol. The molecule has 0 radical (unpaired) electrons. The number of aryl methyl sites for hydroxylation is 2. The summed E-state index contributed by atoms with van der Waals surface area (Å²) in [5, 5.41) is 16.9. The lowest BCUT2D eigenvalue weighted by Gasteiger charge is -2.31. The van der Waals surface area contributed by atoms with E-state index in [1.165, 1.54) is 0 Å². The molecule has 2 aromatic heterocycles. The van der Waals surface area contributed by atoms with Gasteiger partial charge in [0.1, 0.15) is 10.7 Å². The molecule has 0 spiro atoms. The minimum absolute atomic E-state index is 0.00654. The summed E-state index contributed by atoms with van der Waals surface area (Å²) < 4.78 is 17.8. The molecule has 4 heterocycles. The molecule has 158 valence electrons. The number of hydrogen-bond donors (Lipinski definition) is 2. The van der Waals surface area contributed by atoms with Gasteiger partial charge in [0.05, 0.1) is 29.1 Å². The molecule has 2 N–H and O–H groups in total. The van der Waals surface area contributed by atoms with Gasteiger partial charge in [-0.3, -0.25) is 4.21 Å². The van der Waals surface area contributed by atoms with E-state index in [2.05, 4.69) is 20.4 Å². The minimum atomic E-state index is -1.10. The van der Waals surface area contributed by atoms with Crippen LogP contribution in [-0.2, 0) is 17.2 Å². The van der Waals surface area contributed by atoms with Crippen molar-refractivity contribution in [1.29, 1.82) is 0 Å². The average Bonchev–Trinajstić information content (AvgIpc) is 3.31. The van der Waals surface area contributed by atoms with E-state index in [1.54, 1.807) is 0 Å². The van der Waals surface area contributed by atoms with Gasteiger partial charge in [0.2, 0.25) is 11.8 Å². The van der Waals surface area contributed by atoms with E-state index in [4.69, 9.17) is 14.5 Å². The first kappa shape index (κ1) is 20.2. The van der Waals surface area contributed by atoms with Crippen molar-refractivity contribution in [2.24, 2.45) is 5.92 Å². The third-order valence-electron chi connectivity index (χ3n) is 5.67. The molecule has 9 nitrogen and oxygen atoms in total. The van der Waals surface area contributed by atoms with Gasteiger partial charge in [0.25, 0.3) is 0 Å². The third-order valence-corrected chi connectivity index (χ3v) is 7.13. The van der Waals surface area contributed by atoms with E-state index in [-0.39, 0.29) is 24.5 Å². The van der Waals surface area contributed by atoms with Crippen LogP contribution in [0.25, 0.3) is 0 Å². The summed E-state index contributed by atoms with van der Waals surface area (Å²) in [6, 6.07) is -0.147. The topological polar surface area (TPSA) is 117 Å². The van der Waals surface area contributed by atoms with Crippen LogP contribution in [0.15, 0.2) is 9.42 Å². The van der Waals surface area contributed by atoms with Crippen molar-refractivity contribution >= 4 is 22.6 Å². The summed E-state index contributed by atoms with van der Waals surface area (Å²) in [7, 11) is -1.10. The number of aromatic nitrogens is 4. The Bertz CT molecular complexity index is 894. The molecule has 0 aromatic carbocycles. The Hall–Kier alpha value is -2.07. The van der Waals surface area contributed by atoms with E-state index >= 15 is 0 Å². The molecule has 2 atom stereocenters. The number of piperidine rings is 1. The zero-order chi connectivity index (χ0) is 20.5. The Morgan fingerprint density at radius 3 is 2.66 bits per heavy atom. The van der Waals surface area contributed by atoms with Crippen LogP contribution in [-0.4, -0.2) is 60.9 Å². The molecule has 10 heteroatoms. The quantitative estimate of drug-likeness (QED) is 0.719. The first-order valence-electron chi connectivity index (χ1n) is 10.2. The minimum Gasteiger partial charge on any atom is -0.394 e. The summed E-state index contributed by atoms with van der Waals surface area (Å²) in [5.41, 5.74) is 0.853. The van der Waals surface area contributed by atoms with Gasteiger partial charge in [-0.15, -0.1) is 0 Å². The van der Waals surface area contributed by atoms with Crippen molar-refractivity contribution in [1.82, 2.24) is 20.1 Å². The zero-order valence-corrected chi connectivity index (χ0v) is 17.9. The maximum Gasteiger partial charge on any atom is 0.229 e. The van der Waals surface area contributed by atoms with Crippen molar-refractivity contribution in [3.05, 3.63) is 17.4 Å². The Kier molecular flexibility index (Phi) is 5.82. The molecule has 0 bridgehead atoms. The molecule has 2 aliphatic rings. The molecular formula is C19H28N6O3S. The molecule has 0 amide bonds. The van der Waals surface area contributed by atoms with E-state index in [1.807, 2.05) is 20.8 Å². The van der Waals surface area contributed by atoms with Crippen LogP contribution in [0.3, 0.4) is 0 Å². The van der Waals surface area contributed by atoms with Gasteiger partial charge >= 0.3 is 0 Å². The van der Waals surface area contributed by atoms with Crippen molar-refractivity contribution < 1.29 is 13.8 Å². The van der Waals surface area contributed by atoms with E-state index in [0.29, 0.717) is 40.6 Å². The first-order chi connectivity index (χ1) is 14.0. The van der Waals surface area contributed by atoms with E-state index in [0.717, 1.165) is 31.6 Å². The lowest BCUT2D eigenvalue weighted by molar-refractivity contribution is 0.249. The molecule has 1 fully saturated rings. The lowest BCUT2D eigenvalue weighted by Crippen LogP contribution is -2.35. The molecule has 29 heavy (non-hydrogen) atoms. The van der Waals surface area contributed by atoms with Crippen molar-refractivity contribution in [2.75, 3.05) is 35.7 Å². The highest BCUT2D eigenvalue weighted by Gasteiger charge is 2.31. The van der Waals surface area contributed by atoms with Crippen LogP contribution in [0.5, 0.6) is 0 Å². The van der Waals surface area contributed by atoms with Crippen molar-refractivity contribution in [3.63, 3.8) is 0 Å². The summed E-state index contributed by atoms with van der Waals surface area (Å²) in [6.07, 6.45) is 2.47. The van der Waals surface area contributed by atoms with E-state index in [9.17, 15) is 9.32 Å². The maximum atomic E-state index is 12.5. The van der Waals surface area contributed by atoms with Gasteiger partial charge in [-0.25, -0.2) is 4.98 Å². The SMILES string of the molecule is Cc1noc(C2CCN(c3nc4c(c(N[C@@H](CO)C(C)C)n3)S(=O)CC4)CC2)n1. The van der Waals surface area contributed by atoms with Crippen molar-refractivity contribution in [2.45, 2.75) is 56.9 Å². The van der Waals surface area contributed by atoms with Gasteiger partial charge in [0, 0.05) is 31.2 Å². The van der Waals surface area contributed by atoms with Crippen molar-refractivity contribution in [3.8, 4) is 0 Å². The standard InChI is InChI=1S/C19H28N6O3S/c1-11(2)15(10-26)21-17-16-14(6-9-29(16)27)22-19(23-17)25-7-4-13(5-8-25)18-20-12(3)24-28-18/h11,13,15,26H,4-10H2,1-3H3,(H,21,22,23)/t15-,29?/m0/s1. The predicted molar refractivity (Wildman–Crippen MR) is 110 cm³/mol. The highest BCUT2D eigenvalue weighted by Crippen LogP contribution is 2.33. The van der Waals surface area contributed by atoms with E-state index < -0.39 is 10.8 Å². The Balaban J connectivity index is 1.55. The number of anilines is 2. The molecule has 2 aliphatic heterocycles. The molecule has 0 aliphatic carbocycles. The van der Waals surface area contributed by atoms with Crippen LogP contribution >= 0.6 is 0 Å². The third kappa shape index (κ3) is 4.13. The highest BCUT2D eigenvalue weighted by molar-refractivity contribution is 7.85. The normalized spacial score (nSPS) is 20.9. The number of aliphatic hydroxyl groups is 1. The van der Waals surface area contributed by atoms with Crippen LogP contribution < -0.4 is 10.2 Å². The largest absolute Gasteiger partial charge is 0.394 e. The maximum absolute atomic E-state index is 12.5. The van der Waals surface area contributed by atoms with Gasteiger partial charge < -0.3 is 19.8 Å². The molecule has 1 unspecified atom stereocenters. The van der Waals surface area contributed by atoms with Crippen LogP contribution in [0.2, 0.25) is 0 Å². The summed E-state index contributed by atoms with van der Waals surface area (Å²) in [6.45, 7) is 7.49. The number of fused-ring (bicyclic) bond motifs is 1. The fourth-order valence-electron chi connectivity index (χ4n) is 3.83. The zero-order valence-electron chi connectivity index (χ0n) is 17.1. The van der Waals surface area contributed by atoms with Crippen LogP contribution in [0.1, 0.15) is 50.0 Å². The van der Waals surface area contributed by atoms with Gasteiger partial charge in [0.15, 0.2) is 5.82 Å². The fraction of sp³-hybridized carbons (Fsp3) is 0.684. The molecule has 4 rings (SSSR count). The first-order valence-corrected chi connectivity index (χ1v) is 11.5. The summed E-state index contributed by atoms with van der Waals surface area (Å²) >= 11 is 0. The number of hydrogen-bond acceptors (Lipinski definition) is 9. The highest BCUT2D eigenvalue weighted by atomic mass is 32.2. The summed E-state index contributed by atoms with van der Waals surface area (Å²) in [4.78, 5) is 16.7. The molecule has 0 saturated carbocycles. The van der Waals surface area contributed by atoms with Gasteiger partial charge in [-0.1, -0.05) is 19.0 Å². The van der Waals surface area contributed by atoms with Gasteiger partial charge in [-0.2, -0.15) is 9.97 Å². The Morgan fingerprint density at radius 2 is 2.03 bits per heavy atom. The summed E-state index contributed by atoms with van der Waals surface area (Å²) in [5.74, 6) is 3.68. The van der Waals surface area contributed by atoms with Crippen LogP contribution in [0.4, 0.5) is 11.8 Å². The molecule has 1 saturated heterocycles. The monoisotopic (exact) mass is 420 g/mol. The smallest absolute Gasteiger partial charge is 0.229 e. The predicted octanol–water partition coefficient (Wildman–Crippen LogP) is 1.64. The second-order valence-corrected chi connectivity index (χ2v) is 9.57. The lowest BCUT2D eigenvalue weighted by atomic mass is 9.97. The Morgan fingerprint density at radius 1 is 1.28 bits per heavy atom. The van der Waals surface area contributed by atoms with Crippen LogP contribution in [0, 0.1) is 12.8 Å². The second kappa shape index (κ2) is 8.35.